The van der Waals surface area contributed by atoms with Crippen LogP contribution in [0.3, 0.4) is 0 Å². The van der Waals surface area contributed by atoms with E-state index in [1.807, 2.05) is 24.3 Å². The number of ether oxygens (including phenoxy) is 1. The molecule has 0 atom stereocenters. The second kappa shape index (κ2) is 8.89. The van der Waals surface area contributed by atoms with Crippen molar-refractivity contribution in [3.05, 3.63) is 68.6 Å². The smallest absolute Gasteiger partial charge is 0.335 e. The fourth-order valence-corrected chi connectivity index (χ4v) is 4.02. The van der Waals surface area contributed by atoms with Crippen LogP contribution in [-0.2, 0) is 0 Å². The average Bonchev–Trinajstić information content (AvgIpc) is 2.69. The van der Waals surface area contributed by atoms with E-state index in [-0.39, 0.29) is 10.7 Å². The van der Waals surface area contributed by atoms with E-state index in [9.17, 15) is 9.59 Å². The Morgan fingerprint density at radius 3 is 2.52 bits per heavy atom. The predicted octanol–water partition coefficient (Wildman–Crippen LogP) is 5.20. The molecule has 3 rings (SSSR count). The number of aromatic carboxylic acids is 1. The first-order chi connectivity index (χ1) is 13.8. The van der Waals surface area contributed by atoms with Gasteiger partial charge < -0.3 is 15.2 Å². The third kappa shape index (κ3) is 4.58. The largest absolute Gasteiger partial charge is 0.495 e. The normalized spacial score (nSPS) is 10.4. The Kier molecular flexibility index (Phi) is 6.51. The summed E-state index contributed by atoms with van der Waals surface area (Å²) < 4.78 is 6.69. The lowest BCUT2D eigenvalue weighted by atomic mass is 10.1. The SMILES string of the molecule is COc1c(C(=O)NC(=S)Nc2cc(C(=O)O)ccc2Br)cc2ccccc2c1Br. The maximum absolute atomic E-state index is 12.8. The van der Waals surface area contributed by atoms with Crippen LogP contribution in [0.2, 0.25) is 0 Å². The van der Waals surface area contributed by atoms with Crippen molar-refractivity contribution in [2.24, 2.45) is 0 Å². The lowest BCUT2D eigenvalue weighted by Gasteiger charge is -2.15. The molecule has 0 saturated heterocycles. The first-order valence-electron chi connectivity index (χ1n) is 8.22. The van der Waals surface area contributed by atoms with E-state index in [0.717, 1.165) is 10.8 Å². The van der Waals surface area contributed by atoms with Crippen LogP contribution in [0.4, 0.5) is 5.69 Å². The lowest BCUT2D eigenvalue weighted by molar-refractivity contribution is 0.0696. The van der Waals surface area contributed by atoms with Crippen LogP contribution in [0.25, 0.3) is 10.8 Å². The van der Waals surface area contributed by atoms with E-state index in [4.69, 9.17) is 22.1 Å². The molecule has 148 valence electrons. The molecule has 0 saturated carbocycles. The van der Waals surface area contributed by atoms with Crippen LogP contribution in [-0.4, -0.2) is 29.2 Å². The fourth-order valence-electron chi connectivity index (χ4n) is 2.73. The van der Waals surface area contributed by atoms with Crippen LogP contribution in [0.1, 0.15) is 20.7 Å². The summed E-state index contributed by atoms with van der Waals surface area (Å²) in [6.45, 7) is 0. The molecule has 0 bridgehead atoms. The van der Waals surface area contributed by atoms with Crippen molar-refractivity contribution in [3.8, 4) is 5.75 Å². The Morgan fingerprint density at radius 2 is 1.83 bits per heavy atom. The first kappa shape index (κ1) is 21.2. The molecule has 0 aliphatic heterocycles. The Morgan fingerprint density at radius 1 is 1.10 bits per heavy atom. The van der Waals surface area contributed by atoms with Gasteiger partial charge in [-0.2, -0.15) is 0 Å². The number of thiocarbonyl (C=S) groups is 1. The molecule has 0 aliphatic carbocycles. The van der Waals surface area contributed by atoms with E-state index in [1.165, 1.54) is 19.2 Å². The fraction of sp³-hybridized carbons (Fsp3) is 0.0500. The molecule has 0 fully saturated rings. The topological polar surface area (TPSA) is 87.7 Å². The summed E-state index contributed by atoms with van der Waals surface area (Å²) in [6, 6.07) is 13.8. The summed E-state index contributed by atoms with van der Waals surface area (Å²) in [5.41, 5.74) is 0.812. The molecule has 1 amide bonds. The van der Waals surface area contributed by atoms with Gasteiger partial charge in [0.2, 0.25) is 0 Å². The van der Waals surface area contributed by atoms with Gasteiger partial charge in [-0.3, -0.25) is 10.1 Å². The van der Waals surface area contributed by atoms with Crippen molar-refractivity contribution >= 4 is 77.5 Å². The van der Waals surface area contributed by atoms with Gasteiger partial charge in [0, 0.05) is 4.47 Å². The monoisotopic (exact) mass is 536 g/mol. The predicted molar refractivity (Wildman–Crippen MR) is 123 cm³/mol. The zero-order valence-electron chi connectivity index (χ0n) is 15.0. The van der Waals surface area contributed by atoms with E-state index >= 15 is 0 Å². The minimum absolute atomic E-state index is 0.0181. The number of hydrogen-bond acceptors (Lipinski definition) is 4. The molecule has 0 radical (unpaired) electrons. The lowest BCUT2D eigenvalue weighted by Crippen LogP contribution is -2.34. The van der Waals surface area contributed by atoms with E-state index in [2.05, 4.69) is 42.5 Å². The minimum Gasteiger partial charge on any atom is -0.495 e. The van der Waals surface area contributed by atoms with E-state index < -0.39 is 11.9 Å². The molecule has 0 aliphatic rings. The van der Waals surface area contributed by atoms with Gasteiger partial charge in [0.25, 0.3) is 5.91 Å². The van der Waals surface area contributed by atoms with Crippen LogP contribution in [0.15, 0.2) is 57.5 Å². The van der Waals surface area contributed by atoms with Crippen molar-refractivity contribution in [2.45, 2.75) is 0 Å². The standard InChI is InChI=1S/C20H14Br2N2O4S/c1-28-17-13(8-10-4-2-3-5-12(10)16(17)22)18(25)24-20(29)23-15-9-11(19(26)27)6-7-14(15)21/h2-9H,1H3,(H,26,27)(H2,23,24,25,29). The average molecular weight is 538 g/mol. The molecule has 3 N–H and O–H groups in total. The number of amides is 1. The van der Waals surface area contributed by atoms with Gasteiger partial charge >= 0.3 is 5.97 Å². The second-order valence-corrected chi connectivity index (χ2v) is 7.96. The second-order valence-electron chi connectivity index (χ2n) is 5.90. The third-order valence-corrected chi connectivity index (χ3v) is 5.76. The van der Waals surface area contributed by atoms with Crippen LogP contribution >= 0.6 is 44.1 Å². The highest BCUT2D eigenvalue weighted by Crippen LogP contribution is 2.36. The van der Waals surface area contributed by atoms with E-state index in [0.29, 0.717) is 25.9 Å². The van der Waals surface area contributed by atoms with Crippen LogP contribution in [0, 0.1) is 0 Å². The Labute approximate surface area is 188 Å². The number of carbonyl (C=O) groups is 2. The Balaban J connectivity index is 1.86. The van der Waals surface area contributed by atoms with Crippen LogP contribution in [0.5, 0.6) is 5.75 Å². The van der Waals surface area contributed by atoms with Gasteiger partial charge in [0.05, 0.1) is 28.4 Å². The molecule has 0 unspecified atom stereocenters. The van der Waals surface area contributed by atoms with Gasteiger partial charge in [-0.25, -0.2) is 4.79 Å². The number of halogens is 2. The van der Waals surface area contributed by atoms with Gasteiger partial charge in [0.1, 0.15) is 5.75 Å². The summed E-state index contributed by atoms with van der Waals surface area (Å²) in [5, 5.41) is 16.4. The number of carboxylic acid groups (broad SMARTS) is 1. The van der Waals surface area contributed by atoms with Crippen molar-refractivity contribution in [1.82, 2.24) is 5.32 Å². The van der Waals surface area contributed by atoms with Crippen molar-refractivity contribution in [1.29, 1.82) is 0 Å². The number of hydrogen-bond donors (Lipinski definition) is 3. The summed E-state index contributed by atoms with van der Waals surface area (Å²) in [5.74, 6) is -1.14. The molecule has 3 aromatic carbocycles. The van der Waals surface area contributed by atoms with Gasteiger partial charge in [-0.15, -0.1) is 0 Å². The van der Waals surface area contributed by atoms with Gasteiger partial charge in [-0.05, 0) is 79.1 Å². The van der Waals surface area contributed by atoms with E-state index in [1.54, 1.807) is 12.1 Å². The maximum Gasteiger partial charge on any atom is 0.335 e. The maximum atomic E-state index is 12.8. The van der Waals surface area contributed by atoms with Crippen LogP contribution < -0.4 is 15.4 Å². The summed E-state index contributed by atoms with van der Waals surface area (Å²) in [7, 11) is 1.48. The highest BCUT2D eigenvalue weighted by atomic mass is 79.9. The zero-order valence-corrected chi connectivity index (χ0v) is 18.9. The quantitative estimate of drug-likeness (QED) is 0.396. The Bertz CT molecular complexity index is 1150. The number of carboxylic acids is 1. The number of carbonyl (C=O) groups excluding carboxylic acids is 1. The molecule has 6 nitrogen and oxygen atoms in total. The molecule has 0 aromatic heterocycles. The highest BCUT2D eigenvalue weighted by molar-refractivity contribution is 9.11. The minimum atomic E-state index is -1.07. The molecular weight excluding hydrogens is 524 g/mol. The summed E-state index contributed by atoms with van der Waals surface area (Å²) in [4.78, 5) is 24.0. The molecule has 0 heterocycles. The molecular formula is C20H14Br2N2O4S. The number of rotatable bonds is 4. The Hall–Kier alpha value is -2.49. The van der Waals surface area contributed by atoms with Crippen molar-refractivity contribution in [3.63, 3.8) is 0 Å². The van der Waals surface area contributed by atoms with Gasteiger partial charge in [-0.1, -0.05) is 24.3 Å². The summed E-state index contributed by atoms with van der Waals surface area (Å²) in [6.07, 6.45) is 0. The third-order valence-electron chi connectivity index (χ3n) is 4.08. The zero-order chi connectivity index (χ0) is 21.1. The number of fused-ring (bicyclic) bond motifs is 1. The number of anilines is 1. The highest BCUT2D eigenvalue weighted by Gasteiger charge is 2.19. The van der Waals surface area contributed by atoms with Crippen molar-refractivity contribution < 1.29 is 19.4 Å². The summed E-state index contributed by atoms with van der Waals surface area (Å²) >= 11 is 12.0. The molecule has 9 heteroatoms. The number of methoxy groups -OCH3 is 1. The number of benzene rings is 3. The molecule has 0 spiro atoms. The van der Waals surface area contributed by atoms with Gasteiger partial charge in [0.15, 0.2) is 5.11 Å². The first-order valence-corrected chi connectivity index (χ1v) is 10.2. The number of nitrogens with one attached hydrogen (secondary N) is 2. The molecule has 29 heavy (non-hydrogen) atoms. The van der Waals surface area contributed by atoms with Crippen molar-refractivity contribution in [2.75, 3.05) is 12.4 Å². The molecule has 3 aromatic rings.